The molecule has 0 spiro atoms. The number of nitrogens with two attached hydrogens (primary N) is 1. The highest BCUT2D eigenvalue weighted by Gasteiger charge is 2.06. The van der Waals surface area contributed by atoms with E-state index in [1.165, 1.54) is 0 Å². The van der Waals surface area contributed by atoms with Crippen LogP contribution in [0.4, 0.5) is 5.69 Å². The van der Waals surface area contributed by atoms with Crippen LogP contribution >= 0.6 is 0 Å². The molecule has 1 aromatic heterocycles. The zero-order valence-corrected chi connectivity index (χ0v) is 8.84. The maximum atomic E-state index is 5.59. The van der Waals surface area contributed by atoms with Crippen molar-refractivity contribution >= 4 is 5.69 Å². The van der Waals surface area contributed by atoms with E-state index in [2.05, 4.69) is 5.16 Å². The molecule has 0 fully saturated rings. The first-order chi connectivity index (χ1) is 7.79. The molecule has 0 saturated heterocycles. The van der Waals surface area contributed by atoms with E-state index < -0.39 is 0 Å². The Morgan fingerprint density at radius 2 is 2.06 bits per heavy atom. The number of nitrogens with zero attached hydrogens (tertiary/aromatic N) is 1. The van der Waals surface area contributed by atoms with E-state index in [1.54, 1.807) is 25.3 Å². The first kappa shape index (κ1) is 10.5. The van der Waals surface area contributed by atoms with Crippen molar-refractivity contribution in [1.82, 2.24) is 5.16 Å². The van der Waals surface area contributed by atoms with E-state index in [-0.39, 0.29) is 6.79 Å². The third-order valence-corrected chi connectivity index (χ3v) is 2.01. The Hall–Kier alpha value is -2.01. The van der Waals surface area contributed by atoms with Crippen LogP contribution in [-0.2, 0) is 4.74 Å². The molecule has 0 aliphatic rings. The largest absolute Gasteiger partial charge is 0.448 e. The molecule has 0 saturated carbocycles. The van der Waals surface area contributed by atoms with E-state index in [9.17, 15) is 0 Å². The Bertz CT molecular complexity index is 451. The molecule has 1 heterocycles. The van der Waals surface area contributed by atoms with Crippen LogP contribution < -0.4 is 10.5 Å². The Morgan fingerprint density at radius 3 is 2.75 bits per heavy atom. The SMILES string of the molecule is COCOc1cc(-c2ccc(N)cc2)on1. The zero-order valence-electron chi connectivity index (χ0n) is 8.84. The Kier molecular flexibility index (Phi) is 3.07. The first-order valence-electron chi connectivity index (χ1n) is 4.74. The Morgan fingerprint density at radius 1 is 1.31 bits per heavy atom. The van der Waals surface area contributed by atoms with Crippen LogP contribution in [0.2, 0.25) is 0 Å². The number of aromatic nitrogens is 1. The summed E-state index contributed by atoms with van der Waals surface area (Å²) in [4.78, 5) is 0. The lowest BCUT2D eigenvalue weighted by Gasteiger charge is -1.97. The number of methoxy groups -OCH3 is 1. The van der Waals surface area contributed by atoms with Gasteiger partial charge < -0.3 is 19.7 Å². The molecule has 2 N–H and O–H groups in total. The van der Waals surface area contributed by atoms with Crippen molar-refractivity contribution in [3.63, 3.8) is 0 Å². The van der Waals surface area contributed by atoms with Gasteiger partial charge in [-0.05, 0) is 29.4 Å². The van der Waals surface area contributed by atoms with Gasteiger partial charge in [-0.3, -0.25) is 0 Å². The molecule has 0 atom stereocenters. The molecule has 5 heteroatoms. The number of nitrogen functional groups attached to an aromatic ring is 1. The molecule has 2 aromatic rings. The Labute approximate surface area is 92.8 Å². The number of hydrogen-bond donors (Lipinski definition) is 1. The highest BCUT2D eigenvalue weighted by atomic mass is 16.7. The summed E-state index contributed by atoms with van der Waals surface area (Å²) < 4.78 is 15.0. The summed E-state index contributed by atoms with van der Waals surface area (Å²) in [5.41, 5.74) is 7.19. The smallest absolute Gasteiger partial charge is 0.256 e. The predicted octanol–water partition coefficient (Wildman–Crippen LogP) is 1.91. The summed E-state index contributed by atoms with van der Waals surface area (Å²) >= 11 is 0. The molecular formula is C11H12N2O3. The average molecular weight is 220 g/mol. The summed E-state index contributed by atoms with van der Waals surface area (Å²) in [6.07, 6.45) is 0. The van der Waals surface area contributed by atoms with E-state index in [0.29, 0.717) is 17.3 Å². The molecule has 1 aromatic carbocycles. The number of ether oxygens (including phenoxy) is 2. The second-order valence-electron chi connectivity index (χ2n) is 3.20. The topological polar surface area (TPSA) is 70.5 Å². The summed E-state index contributed by atoms with van der Waals surface area (Å²) in [6, 6.07) is 9.01. The number of anilines is 1. The number of rotatable bonds is 4. The van der Waals surface area contributed by atoms with Crippen molar-refractivity contribution in [1.29, 1.82) is 0 Å². The third kappa shape index (κ3) is 2.32. The number of hydrogen-bond acceptors (Lipinski definition) is 5. The van der Waals surface area contributed by atoms with Gasteiger partial charge in [0.15, 0.2) is 12.6 Å². The van der Waals surface area contributed by atoms with Crippen LogP contribution in [0.3, 0.4) is 0 Å². The zero-order chi connectivity index (χ0) is 11.4. The van der Waals surface area contributed by atoms with Crippen LogP contribution in [0.25, 0.3) is 11.3 Å². The van der Waals surface area contributed by atoms with Crippen molar-refractivity contribution in [2.45, 2.75) is 0 Å². The molecular weight excluding hydrogens is 208 g/mol. The molecule has 84 valence electrons. The van der Waals surface area contributed by atoms with Crippen molar-refractivity contribution in [3.8, 4) is 17.2 Å². The molecule has 0 bridgehead atoms. The minimum atomic E-state index is 0.147. The highest BCUT2D eigenvalue weighted by Crippen LogP contribution is 2.24. The molecule has 0 radical (unpaired) electrons. The second kappa shape index (κ2) is 4.67. The van der Waals surface area contributed by atoms with Gasteiger partial charge in [-0.2, -0.15) is 0 Å². The van der Waals surface area contributed by atoms with Gasteiger partial charge >= 0.3 is 0 Å². The van der Waals surface area contributed by atoms with Crippen LogP contribution in [-0.4, -0.2) is 19.1 Å². The van der Waals surface area contributed by atoms with E-state index in [0.717, 1.165) is 5.56 Å². The molecule has 0 aliphatic carbocycles. The predicted molar refractivity (Wildman–Crippen MR) is 58.9 cm³/mol. The second-order valence-corrected chi connectivity index (χ2v) is 3.20. The normalized spacial score (nSPS) is 10.3. The molecule has 0 amide bonds. The summed E-state index contributed by atoms with van der Waals surface area (Å²) in [7, 11) is 1.54. The molecule has 0 aliphatic heterocycles. The van der Waals surface area contributed by atoms with Gasteiger partial charge in [0.1, 0.15) is 0 Å². The van der Waals surface area contributed by atoms with E-state index in [4.69, 9.17) is 19.7 Å². The van der Waals surface area contributed by atoms with Crippen molar-refractivity contribution in [2.75, 3.05) is 19.6 Å². The maximum Gasteiger partial charge on any atom is 0.256 e. The highest BCUT2D eigenvalue weighted by molar-refractivity contribution is 5.60. The quantitative estimate of drug-likeness (QED) is 0.629. The van der Waals surface area contributed by atoms with Crippen LogP contribution in [0.1, 0.15) is 0 Å². The molecule has 5 nitrogen and oxygen atoms in total. The van der Waals surface area contributed by atoms with E-state index in [1.807, 2.05) is 12.1 Å². The fourth-order valence-electron chi connectivity index (χ4n) is 1.23. The van der Waals surface area contributed by atoms with Gasteiger partial charge in [-0.25, -0.2) is 0 Å². The Balaban J connectivity index is 2.15. The van der Waals surface area contributed by atoms with Crippen molar-refractivity contribution in [3.05, 3.63) is 30.3 Å². The minimum absolute atomic E-state index is 0.147. The van der Waals surface area contributed by atoms with Gasteiger partial charge in [-0.1, -0.05) is 0 Å². The summed E-state index contributed by atoms with van der Waals surface area (Å²) in [5, 5.41) is 3.74. The van der Waals surface area contributed by atoms with Gasteiger partial charge in [0.25, 0.3) is 5.88 Å². The minimum Gasteiger partial charge on any atom is -0.448 e. The van der Waals surface area contributed by atoms with E-state index >= 15 is 0 Å². The monoisotopic (exact) mass is 220 g/mol. The van der Waals surface area contributed by atoms with Crippen molar-refractivity contribution < 1.29 is 14.0 Å². The van der Waals surface area contributed by atoms with Crippen molar-refractivity contribution in [2.24, 2.45) is 0 Å². The van der Waals surface area contributed by atoms with Crippen LogP contribution in [0, 0.1) is 0 Å². The average Bonchev–Trinajstić information content (AvgIpc) is 2.76. The maximum absolute atomic E-state index is 5.59. The lowest BCUT2D eigenvalue weighted by atomic mass is 10.1. The summed E-state index contributed by atoms with van der Waals surface area (Å²) in [5.74, 6) is 1.03. The standard InChI is InChI=1S/C11H12N2O3/c1-14-7-15-11-6-10(16-13-11)8-2-4-9(12)5-3-8/h2-6H,7,12H2,1H3. The fourth-order valence-corrected chi connectivity index (χ4v) is 1.23. The lowest BCUT2D eigenvalue weighted by molar-refractivity contribution is 0.0453. The van der Waals surface area contributed by atoms with Gasteiger partial charge in [0, 0.05) is 24.4 Å². The third-order valence-electron chi connectivity index (χ3n) is 2.01. The van der Waals surface area contributed by atoms with Gasteiger partial charge in [0.2, 0.25) is 0 Å². The first-order valence-corrected chi connectivity index (χ1v) is 4.74. The number of benzene rings is 1. The lowest BCUT2D eigenvalue weighted by Crippen LogP contribution is -1.98. The van der Waals surface area contributed by atoms with Gasteiger partial charge in [0.05, 0.1) is 0 Å². The van der Waals surface area contributed by atoms with Crippen LogP contribution in [0.15, 0.2) is 34.9 Å². The van der Waals surface area contributed by atoms with Crippen LogP contribution in [0.5, 0.6) is 5.88 Å². The summed E-state index contributed by atoms with van der Waals surface area (Å²) in [6.45, 7) is 0.147. The molecule has 16 heavy (non-hydrogen) atoms. The molecule has 0 unspecified atom stereocenters. The van der Waals surface area contributed by atoms with Gasteiger partial charge in [-0.15, -0.1) is 0 Å². The fraction of sp³-hybridized carbons (Fsp3) is 0.182. The molecule has 2 rings (SSSR count).